The van der Waals surface area contributed by atoms with Gasteiger partial charge in [0.15, 0.2) is 0 Å². The van der Waals surface area contributed by atoms with Crippen molar-refractivity contribution in [3.8, 4) is 77.9 Å². The van der Waals surface area contributed by atoms with Crippen LogP contribution < -0.4 is 0 Å². The smallest absolute Gasteiger partial charge is 0.0435 e. The Morgan fingerprint density at radius 3 is 1.60 bits per heavy atom. The molecule has 13 rings (SSSR count). The Morgan fingerprint density at radius 1 is 0.274 bits per heavy atom. The molecule has 62 heavy (non-hydrogen) atoms. The van der Waals surface area contributed by atoms with Crippen LogP contribution in [0.4, 0.5) is 0 Å². The lowest BCUT2D eigenvalue weighted by atomic mass is 9.74. The molecule has 0 aliphatic heterocycles. The van der Waals surface area contributed by atoms with Crippen molar-refractivity contribution in [1.29, 1.82) is 0 Å². The maximum atomic E-state index is 2.47. The Labute approximate surface area is 362 Å². The summed E-state index contributed by atoms with van der Waals surface area (Å²) >= 11 is 0. The van der Waals surface area contributed by atoms with Crippen LogP contribution in [0.1, 0.15) is 23.6 Å². The topological polar surface area (TPSA) is 0 Å². The number of benzene rings is 11. The Kier molecular flexibility index (Phi) is 7.54. The van der Waals surface area contributed by atoms with Gasteiger partial charge in [0, 0.05) is 5.41 Å². The second-order valence-electron chi connectivity index (χ2n) is 17.2. The summed E-state index contributed by atoms with van der Waals surface area (Å²) in [6.07, 6.45) is 0. The number of hydrogen-bond donors (Lipinski definition) is 0. The fourth-order valence-corrected chi connectivity index (χ4v) is 11.2. The molecule has 1 unspecified atom stereocenters. The van der Waals surface area contributed by atoms with Crippen LogP contribution in [0.15, 0.2) is 224 Å². The van der Waals surface area contributed by atoms with Crippen LogP contribution in [0.5, 0.6) is 0 Å². The Balaban J connectivity index is 1.05. The predicted molar refractivity (Wildman–Crippen MR) is 263 cm³/mol. The second kappa shape index (κ2) is 13.4. The molecule has 0 radical (unpaired) electrons. The van der Waals surface area contributed by atoms with E-state index in [1.165, 1.54) is 127 Å². The molecule has 0 aromatic heterocycles. The monoisotopic (exact) mass is 784 g/mol. The lowest BCUT2D eigenvalue weighted by molar-refractivity contribution is 0.715. The predicted octanol–water partition coefficient (Wildman–Crippen LogP) is 16.8. The fraction of sp³-hybridized carbons (Fsp3) is 0.0323. The number of fused-ring (bicyclic) bond motifs is 8. The summed E-state index contributed by atoms with van der Waals surface area (Å²) in [6, 6.07) is 83.9. The van der Waals surface area contributed by atoms with Crippen LogP contribution in [0.3, 0.4) is 0 Å². The first-order valence-corrected chi connectivity index (χ1v) is 21.8. The molecule has 0 heteroatoms. The average molecular weight is 785 g/mol. The molecule has 0 saturated heterocycles. The first-order chi connectivity index (χ1) is 30.6. The van der Waals surface area contributed by atoms with E-state index in [9.17, 15) is 0 Å². The van der Waals surface area contributed by atoms with Crippen molar-refractivity contribution in [1.82, 2.24) is 0 Å². The van der Waals surface area contributed by atoms with E-state index in [0.29, 0.717) is 0 Å². The lowest BCUT2D eigenvalue weighted by Crippen LogP contribution is -2.22. The summed E-state index contributed by atoms with van der Waals surface area (Å²) in [7, 11) is 0. The SMILES string of the molecule is CC1(c2ccccc2)c2ccccc2-c2cc3ccc(-c4ccc(-c5c6c(c(-c7ccccc7)c7ccccc57)-c5cccc7cccc-6c57)c(-c5ccccc5)c4)cc3cc21. The zero-order valence-electron chi connectivity index (χ0n) is 34.4. The van der Waals surface area contributed by atoms with Crippen molar-refractivity contribution in [2.24, 2.45) is 0 Å². The van der Waals surface area contributed by atoms with Gasteiger partial charge in [0.2, 0.25) is 0 Å². The van der Waals surface area contributed by atoms with E-state index in [0.717, 1.165) is 0 Å². The number of hydrogen-bond acceptors (Lipinski definition) is 0. The highest BCUT2D eigenvalue weighted by Crippen LogP contribution is 2.59. The van der Waals surface area contributed by atoms with Gasteiger partial charge < -0.3 is 0 Å². The van der Waals surface area contributed by atoms with Crippen LogP contribution in [0.25, 0.3) is 110 Å². The molecule has 0 saturated carbocycles. The molecule has 0 fully saturated rings. The van der Waals surface area contributed by atoms with E-state index in [4.69, 9.17) is 0 Å². The molecule has 0 N–H and O–H groups in total. The van der Waals surface area contributed by atoms with E-state index < -0.39 is 0 Å². The van der Waals surface area contributed by atoms with Gasteiger partial charge in [-0.2, -0.15) is 0 Å². The highest BCUT2D eigenvalue weighted by Gasteiger charge is 2.41. The molecule has 2 aliphatic rings. The molecular weight excluding hydrogens is 745 g/mol. The zero-order valence-corrected chi connectivity index (χ0v) is 34.4. The quantitative estimate of drug-likeness (QED) is 0.163. The Bertz CT molecular complexity index is 3610. The normalized spacial score (nSPS) is 14.6. The standard InChI is InChI=1S/C62H40/c1-62(46-23-9-4-10-24-46)55-30-14-13-25-47(55)54-37-44-32-31-42(35-45(44)38-56(54)62)43-33-34-50(53(36-43)39-17-5-2-6-18-39)59-49-27-12-11-26-48(49)58(41-19-7-3-8-20-41)60-51-28-15-21-40-22-16-29-52(57(40)51)61(59)60/h2-38H,1H3. The van der Waals surface area contributed by atoms with E-state index in [1.54, 1.807) is 0 Å². The van der Waals surface area contributed by atoms with E-state index in [2.05, 4.69) is 231 Å². The third-order valence-corrected chi connectivity index (χ3v) is 14.1. The highest BCUT2D eigenvalue weighted by molar-refractivity contribution is 6.28. The summed E-state index contributed by atoms with van der Waals surface area (Å²) in [4.78, 5) is 0. The second-order valence-corrected chi connectivity index (χ2v) is 17.2. The van der Waals surface area contributed by atoms with E-state index in [1.807, 2.05) is 0 Å². The molecule has 11 aromatic rings. The Hall–Kier alpha value is -7.80. The molecule has 0 heterocycles. The van der Waals surface area contributed by atoms with Crippen molar-refractivity contribution in [2.75, 3.05) is 0 Å². The van der Waals surface area contributed by atoms with Crippen LogP contribution in [0, 0.1) is 0 Å². The van der Waals surface area contributed by atoms with E-state index in [-0.39, 0.29) is 5.41 Å². The summed E-state index contributed by atoms with van der Waals surface area (Å²) < 4.78 is 0. The van der Waals surface area contributed by atoms with Gasteiger partial charge in [0.25, 0.3) is 0 Å². The Morgan fingerprint density at radius 2 is 0.855 bits per heavy atom. The van der Waals surface area contributed by atoms with E-state index >= 15 is 0 Å². The molecular formula is C62H40. The minimum Gasteiger partial charge on any atom is -0.0622 e. The molecule has 1 atom stereocenters. The summed E-state index contributed by atoms with van der Waals surface area (Å²) in [5.74, 6) is 0. The largest absolute Gasteiger partial charge is 0.0622 e. The minimum atomic E-state index is -0.247. The van der Waals surface area contributed by atoms with Gasteiger partial charge in [-0.1, -0.05) is 200 Å². The van der Waals surface area contributed by atoms with Crippen LogP contribution in [-0.2, 0) is 5.41 Å². The summed E-state index contributed by atoms with van der Waals surface area (Å²) in [5, 5.41) is 7.67. The van der Waals surface area contributed by atoms with Crippen molar-refractivity contribution >= 4 is 32.3 Å². The van der Waals surface area contributed by atoms with Crippen molar-refractivity contribution in [2.45, 2.75) is 12.3 Å². The molecule has 11 aromatic carbocycles. The third-order valence-electron chi connectivity index (χ3n) is 14.1. The average Bonchev–Trinajstić information content (AvgIpc) is 3.80. The summed E-state index contributed by atoms with van der Waals surface area (Å²) in [6.45, 7) is 2.40. The lowest BCUT2D eigenvalue weighted by Gasteiger charge is -2.28. The summed E-state index contributed by atoms with van der Waals surface area (Å²) in [5.41, 5.74) is 21.7. The van der Waals surface area contributed by atoms with Crippen LogP contribution in [-0.4, -0.2) is 0 Å². The molecule has 0 spiro atoms. The molecule has 0 amide bonds. The zero-order chi connectivity index (χ0) is 40.9. The highest BCUT2D eigenvalue weighted by atomic mass is 14.4. The number of rotatable bonds is 5. The van der Waals surface area contributed by atoms with Gasteiger partial charge in [-0.05, 0) is 158 Å². The van der Waals surface area contributed by atoms with Crippen molar-refractivity contribution in [3.05, 3.63) is 241 Å². The van der Waals surface area contributed by atoms with Gasteiger partial charge >= 0.3 is 0 Å². The minimum absolute atomic E-state index is 0.247. The molecule has 288 valence electrons. The van der Waals surface area contributed by atoms with Gasteiger partial charge in [0.1, 0.15) is 0 Å². The maximum Gasteiger partial charge on any atom is 0.0435 e. The molecule has 0 bridgehead atoms. The fourth-order valence-electron chi connectivity index (χ4n) is 11.2. The first-order valence-electron chi connectivity index (χ1n) is 21.8. The third kappa shape index (κ3) is 4.95. The van der Waals surface area contributed by atoms with Crippen LogP contribution >= 0.6 is 0 Å². The van der Waals surface area contributed by atoms with Gasteiger partial charge in [-0.15, -0.1) is 0 Å². The first kappa shape index (κ1) is 35.0. The van der Waals surface area contributed by atoms with Gasteiger partial charge in [0.05, 0.1) is 0 Å². The van der Waals surface area contributed by atoms with Gasteiger partial charge in [-0.25, -0.2) is 0 Å². The molecule has 2 aliphatic carbocycles. The van der Waals surface area contributed by atoms with Crippen molar-refractivity contribution in [3.63, 3.8) is 0 Å². The van der Waals surface area contributed by atoms with Gasteiger partial charge in [-0.3, -0.25) is 0 Å². The molecule has 0 nitrogen and oxygen atoms in total. The maximum absolute atomic E-state index is 2.47. The van der Waals surface area contributed by atoms with Crippen molar-refractivity contribution < 1.29 is 0 Å². The van der Waals surface area contributed by atoms with Crippen LogP contribution in [0.2, 0.25) is 0 Å².